The molecule has 1 aromatic heterocycles. The van der Waals surface area contributed by atoms with Gasteiger partial charge in [-0.1, -0.05) is 0 Å². The molecule has 2 N–H and O–H groups in total. The van der Waals surface area contributed by atoms with Crippen LogP contribution in [0.5, 0.6) is 0 Å². The van der Waals surface area contributed by atoms with Gasteiger partial charge in [-0.25, -0.2) is 22.0 Å². The zero-order valence-corrected chi connectivity index (χ0v) is 12.2. The van der Waals surface area contributed by atoms with Crippen LogP contribution >= 0.6 is 0 Å². The van der Waals surface area contributed by atoms with Gasteiger partial charge in [-0.05, 0) is 20.3 Å². The van der Waals surface area contributed by atoms with Gasteiger partial charge in [-0.2, -0.15) is 5.10 Å². The van der Waals surface area contributed by atoms with Gasteiger partial charge in [0, 0.05) is 12.8 Å². The lowest BCUT2D eigenvalue weighted by molar-refractivity contribution is 0.564. The summed E-state index contributed by atoms with van der Waals surface area (Å²) in [5, 5.41) is 9.15. The number of aryl methyl sites for hydroxylation is 2. The molecule has 0 fully saturated rings. The Morgan fingerprint density at radius 3 is 2.17 bits per heavy atom. The molecule has 0 saturated carbocycles. The summed E-state index contributed by atoms with van der Waals surface area (Å²) in [5.41, 5.74) is 0.762. The molecule has 0 saturated heterocycles. The maximum atomic E-state index is 11.3. The predicted octanol–water partition coefficient (Wildman–Crippen LogP) is -0.418. The van der Waals surface area contributed by atoms with Gasteiger partial charge in [0.1, 0.15) is 14.7 Å². The lowest BCUT2D eigenvalue weighted by atomic mass is 10.4. The number of primary sulfonamides is 1. The summed E-state index contributed by atoms with van der Waals surface area (Å²) in [4.78, 5) is 0.0156. The van der Waals surface area contributed by atoms with Crippen molar-refractivity contribution >= 4 is 19.9 Å². The zero-order valence-electron chi connectivity index (χ0n) is 10.5. The van der Waals surface area contributed by atoms with Gasteiger partial charge in [0.05, 0.1) is 17.1 Å². The lowest BCUT2D eigenvalue weighted by Crippen LogP contribution is -2.15. The fourth-order valence-electron chi connectivity index (χ4n) is 1.79. The van der Waals surface area contributed by atoms with Crippen LogP contribution in [0.15, 0.2) is 4.90 Å². The number of nitrogens with zero attached hydrogens (tertiary/aromatic N) is 2. The van der Waals surface area contributed by atoms with Crippen LogP contribution in [0.3, 0.4) is 0 Å². The van der Waals surface area contributed by atoms with Crippen molar-refractivity contribution in [1.29, 1.82) is 0 Å². The van der Waals surface area contributed by atoms with Crippen LogP contribution < -0.4 is 5.14 Å². The minimum absolute atomic E-state index is 0.0156. The molecule has 1 heterocycles. The zero-order chi connectivity index (χ0) is 14.1. The minimum Gasteiger partial charge on any atom is -0.268 e. The largest absolute Gasteiger partial charge is 0.268 e. The van der Waals surface area contributed by atoms with E-state index in [9.17, 15) is 16.8 Å². The van der Waals surface area contributed by atoms with Gasteiger partial charge < -0.3 is 0 Å². The van der Waals surface area contributed by atoms with Gasteiger partial charge in [-0.3, -0.25) is 4.68 Å². The molecule has 0 aliphatic carbocycles. The smallest absolute Gasteiger partial charge is 0.241 e. The highest BCUT2D eigenvalue weighted by Crippen LogP contribution is 2.17. The third kappa shape index (κ3) is 3.79. The molecular formula is C9H17N3O4S2. The predicted molar refractivity (Wildman–Crippen MR) is 67.4 cm³/mol. The van der Waals surface area contributed by atoms with Crippen LogP contribution in [0.1, 0.15) is 17.8 Å². The molecule has 0 atom stereocenters. The van der Waals surface area contributed by atoms with E-state index < -0.39 is 19.9 Å². The SMILES string of the molecule is Cc1nn(CCCS(C)(=O)=O)c(C)c1S(N)(=O)=O. The first-order valence-electron chi connectivity index (χ1n) is 5.27. The van der Waals surface area contributed by atoms with Crippen LogP contribution in [0.2, 0.25) is 0 Å². The summed E-state index contributed by atoms with van der Waals surface area (Å²) in [6.45, 7) is 3.50. The van der Waals surface area contributed by atoms with Crippen molar-refractivity contribution in [1.82, 2.24) is 9.78 Å². The molecule has 7 nitrogen and oxygen atoms in total. The number of nitrogens with two attached hydrogens (primary N) is 1. The first-order valence-corrected chi connectivity index (χ1v) is 8.87. The van der Waals surface area contributed by atoms with Crippen molar-refractivity contribution < 1.29 is 16.8 Å². The number of rotatable bonds is 5. The molecule has 1 aromatic rings. The summed E-state index contributed by atoms with van der Waals surface area (Å²) < 4.78 is 46.2. The van der Waals surface area contributed by atoms with Crippen molar-refractivity contribution in [2.45, 2.75) is 31.7 Å². The normalized spacial score (nSPS) is 12.9. The van der Waals surface area contributed by atoms with Crippen LogP contribution in [0.25, 0.3) is 0 Å². The van der Waals surface area contributed by atoms with E-state index in [-0.39, 0.29) is 10.6 Å². The van der Waals surface area contributed by atoms with Gasteiger partial charge in [0.2, 0.25) is 10.0 Å². The summed E-state index contributed by atoms with van der Waals surface area (Å²) in [5.74, 6) is 0.0378. The summed E-state index contributed by atoms with van der Waals surface area (Å²) in [7, 11) is -6.82. The van der Waals surface area contributed by atoms with Crippen molar-refractivity contribution in [3.63, 3.8) is 0 Å². The Bertz CT molecular complexity index is 644. The topological polar surface area (TPSA) is 112 Å². The first-order chi connectivity index (χ1) is 8.02. The molecule has 0 aromatic carbocycles. The number of sulfone groups is 1. The van der Waals surface area contributed by atoms with E-state index >= 15 is 0 Å². The average Bonchev–Trinajstić information content (AvgIpc) is 2.38. The number of aromatic nitrogens is 2. The van der Waals surface area contributed by atoms with Crippen LogP contribution in [0.4, 0.5) is 0 Å². The molecule has 104 valence electrons. The number of hydrogen-bond acceptors (Lipinski definition) is 5. The van der Waals surface area contributed by atoms with Crippen LogP contribution in [-0.2, 0) is 26.4 Å². The Kier molecular flexibility index (Phi) is 4.19. The monoisotopic (exact) mass is 295 g/mol. The highest BCUT2D eigenvalue weighted by molar-refractivity contribution is 7.90. The Labute approximate surface area is 107 Å². The number of hydrogen-bond donors (Lipinski definition) is 1. The molecule has 18 heavy (non-hydrogen) atoms. The van der Waals surface area contributed by atoms with E-state index in [0.717, 1.165) is 6.26 Å². The second-order valence-electron chi connectivity index (χ2n) is 4.25. The van der Waals surface area contributed by atoms with Crippen molar-refractivity contribution in [2.75, 3.05) is 12.0 Å². The second-order valence-corrected chi connectivity index (χ2v) is 8.01. The van der Waals surface area contributed by atoms with Crippen molar-refractivity contribution in [2.24, 2.45) is 5.14 Å². The Morgan fingerprint density at radius 1 is 1.22 bits per heavy atom. The maximum Gasteiger partial charge on any atom is 0.241 e. The summed E-state index contributed by atoms with van der Waals surface area (Å²) in [6, 6.07) is 0. The molecule has 0 unspecified atom stereocenters. The summed E-state index contributed by atoms with van der Waals surface area (Å²) >= 11 is 0. The molecular weight excluding hydrogens is 278 g/mol. The minimum atomic E-state index is -3.80. The molecule has 0 aliphatic rings. The van der Waals surface area contributed by atoms with E-state index in [1.807, 2.05) is 0 Å². The molecule has 0 aliphatic heterocycles. The highest BCUT2D eigenvalue weighted by atomic mass is 32.2. The van der Waals surface area contributed by atoms with Gasteiger partial charge in [0.25, 0.3) is 0 Å². The molecule has 9 heteroatoms. The molecule has 0 spiro atoms. The second kappa shape index (κ2) is 4.98. The van der Waals surface area contributed by atoms with E-state index in [0.29, 0.717) is 24.4 Å². The van der Waals surface area contributed by atoms with Gasteiger partial charge in [-0.15, -0.1) is 0 Å². The van der Waals surface area contributed by atoms with Crippen LogP contribution in [-0.4, -0.2) is 38.6 Å². The first kappa shape index (κ1) is 15.1. The maximum absolute atomic E-state index is 11.3. The molecule has 1 rings (SSSR count). The fraction of sp³-hybridized carbons (Fsp3) is 0.667. The third-order valence-corrected chi connectivity index (χ3v) is 4.67. The van der Waals surface area contributed by atoms with Gasteiger partial charge in [0.15, 0.2) is 0 Å². The van der Waals surface area contributed by atoms with E-state index in [2.05, 4.69) is 5.10 Å². The van der Waals surface area contributed by atoms with Crippen LogP contribution in [0, 0.1) is 13.8 Å². The standard InChI is InChI=1S/C9H17N3O4S2/c1-7-9(18(10,15)16)8(2)12(11-7)5-4-6-17(3,13)14/h4-6H2,1-3H3,(H2,10,15,16). The lowest BCUT2D eigenvalue weighted by Gasteiger charge is -2.04. The van der Waals surface area contributed by atoms with E-state index in [4.69, 9.17) is 5.14 Å². The van der Waals surface area contributed by atoms with E-state index in [1.165, 1.54) is 4.68 Å². The van der Waals surface area contributed by atoms with Crippen molar-refractivity contribution in [3.8, 4) is 0 Å². The molecule has 0 bridgehead atoms. The Morgan fingerprint density at radius 2 is 1.78 bits per heavy atom. The Hall–Kier alpha value is -0.930. The number of sulfonamides is 1. The molecule has 0 amide bonds. The Balaban J connectivity index is 2.94. The van der Waals surface area contributed by atoms with Gasteiger partial charge >= 0.3 is 0 Å². The molecule has 0 radical (unpaired) electrons. The fourth-order valence-corrected chi connectivity index (χ4v) is 3.41. The van der Waals surface area contributed by atoms with Crippen molar-refractivity contribution in [3.05, 3.63) is 11.4 Å². The average molecular weight is 295 g/mol. The van der Waals surface area contributed by atoms with E-state index in [1.54, 1.807) is 13.8 Å². The highest BCUT2D eigenvalue weighted by Gasteiger charge is 2.20. The summed E-state index contributed by atoms with van der Waals surface area (Å²) in [6.07, 6.45) is 1.54. The third-order valence-electron chi connectivity index (χ3n) is 2.48. The quantitative estimate of drug-likeness (QED) is 0.793.